The molecule has 1 unspecified atom stereocenters. The largest absolute Gasteiger partial charge is 0.401 e. The highest BCUT2D eigenvalue weighted by Gasteiger charge is 2.09. The van der Waals surface area contributed by atoms with E-state index in [9.17, 15) is 4.79 Å². The normalized spacial score (nSPS) is 13.5. The maximum Gasteiger partial charge on any atom is 0.135 e. The third-order valence-corrected chi connectivity index (χ3v) is 3.10. The highest BCUT2D eigenvalue weighted by atomic mass is 16.1. The van der Waals surface area contributed by atoms with Crippen molar-refractivity contribution in [3.63, 3.8) is 0 Å². The highest BCUT2D eigenvalue weighted by Crippen LogP contribution is 2.09. The SMILES string of the molecule is CC/C(N)=C/NCCCCCC(=O)C(C)CC. The van der Waals surface area contributed by atoms with E-state index >= 15 is 0 Å². The lowest BCUT2D eigenvalue weighted by molar-refractivity contribution is -0.122. The van der Waals surface area contributed by atoms with Crippen LogP contribution in [-0.4, -0.2) is 12.3 Å². The fourth-order valence-electron chi connectivity index (χ4n) is 1.48. The highest BCUT2D eigenvalue weighted by molar-refractivity contribution is 5.80. The molecule has 0 saturated heterocycles. The molecule has 3 nitrogen and oxygen atoms in total. The van der Waals surface area contributed by atoms with Crippen LogP contribution in [0, 0.1) is 5.92 Å². The molecule has 0 bridgehead atoms. The van der Waals surface area contributed by atoms with Gasteiger partial charge in [0.2, 0.25) is 0 Å². The molecule has 17 heavy (non-hydrogen) atoms. The van der Waals surface area contributed by atoms with Crippen molar-refractivity contribution in [2.45, 2.75) is 59.3 Å². The lowest BCUT2D eigenvalue weighted by atomic mass is 9.99. The summed E-state index contributed by atoms with van der Waals surface area (Å²) in [4.78, 5) is 11.5. The van der Waals surface area contributed by atoms with Gasteiger partial charge in [-0.3, -0.25) is 4.79 Å². The zero-order chi connectivity index (χ0) is 13.1. The van der Waals surface area contributed by atoms with E-state index in [1.807, 2.05) is 20.0 Å². The average molecular weight is 240 g/mol. The van der Waals surface area contributed by atoms with Crippen molar-refractivity contribution < 1.29 is 4.79 Å². The van der Waals surface area contributed by atoms with Gasteiger partial charge >= 0.3 is 0 Å². The van der Waals surface area contributed by atoms with Crippen LogP contribution >= 0.6 is 0 Å². The first-order chi connectivity index (χ1) is 8.11. The Labute approximate surface area is 106 Å². The van der Waals surface area contributed by atoms with Crippen LogP contribution in [0.25, 0.3) is 0 Å². The summed E-state index contributed by atoms with van der Waals surface area (Å²) < 4.78 is 0. The van der Waals surface area contributed by atoms with Crippen molar-refractivity contribution in [2.24, 2.45) is 11.7 Å². The Kier molecular flexibility index (Phi) is 9.59. The third kappa shape index (κ3) is 8.78. The second-order valence-corrected chi connectivity index (χ2v) is 4.61. The van der Waals surface area contributed by atoms with E-state index in [0.717, 1.165) is 50.8 Å². The molecular weight excluding hydrogens is 212 g/mol. The summed E-state index contributed by atoms with van der Waals surface area (Å²) in [5.41, 5.74) is 6.54. The standard InChI is InChI=1S/C14H28N2O/c1-4-12(3)14(17)9-7-6-8-10-16-11-13(15)5-2/h11-12,16H,4-10,15H2,1-3H3/b13-11-. The molecule has 0 aromatic rings. The van der Waals surface area contributed by atoms with Gasteiger partial charge < -0.3 is 11.1 Å². The molecule has 0 saturated carbocycles. The number of rotatable bonds is 10. The van der Waals surface area contributed by atoms with E-state index in [1.54, 1.807) is 0 Å². The van der Waals surface area contributed by atoms with E-state index in [1.165, 1.54) is 0 Å². The first-order valence-corrected chi connectivity index (χ1v) is 6.82. The molecule has 0 aliphatic carbocycles. The molecule has 100 valence electrons. The molecule has 0 spiro atoms. The predicted molar refractivity (Wildman–Crippen MR) is 73.5 cm³/mol. The number of carbonyl (C=O) groups excluding carboxylic acids is 1. The molecule has 0 amide bonds. The summed E-state index contributed by atoms with van der Waals surface area (Å²) >= 11 is 0. The Morgan fingerprint density at radius 1 is 1.29 bits per heavy atom. The number of allylic oxidation sites excluding steroid dienone is 1. The van der Waals surface area contributed by atoms with Crippen LogP contribution in [0.5, 0.6) is 0 Å². The lowest BCUT2D eigenvalue weighted by Gasteiger charge is -2.07. The van der Waals surface area contributed by atoms with Crippen molar-refractivity contribution in [1.82, 2.24) is 5.32 Å². The maximum atomic E-state index is 11.5. The monoisotopic (exact) mass is 240 g/mol. The minimum atomic E-state index is 0.236. The molecule has 0 aliphatic heterocycles. The molecule has 0 fully saturated rings. The van der Waals surface area contributed by atoms with Gasteiger partial charge in [0.15, 0.2) is 0 Å². The topological polar surface area (TPSA) is 55.1 Å². The van der Waals surface area contributed by atoms with E-state index in [2.05, 4.69) is 12.2 Å². The minimum Gasteiger partial charge on any atom is -0.401 e. The fourth-order valence-corrected chi connectivity index (χ4v) is 1.48. The third-order valence-electron chi connectivity index (χ3n) is 3.10. The number of hydrogen-bond donors (Lipinski definition) is 2. The van der Waals surface area contributed by atoms with Crippen LogP contribution in [0.15, 0.2) is 11.9 Å². The van der Waals surface area contributed by atoms with Crippen LogP contribution in [0.1, 0.15) is 59.3 Å². The summed E-state index contributed by atoms with van der Waals surface area (Å²) in [6.45, 7) is 7.06. The van der Waals surface area contributed by atoms with Crippen molar-refractivity contribution in [3.8, 4) is 0 Å². The minimum absolute atomic E-state index is 0.236. The van der Waals surface area contributed by atoms with E-state index < -0.39 is 0 Å². The Bertz CT molecular complexity index is 236. The number of ketones is 1. The molecule has 0 heterocycles. The average Bonchev–Trinajstić information content (AvgIpc) is 2.35. The number of carbonyl (C=O) groups is 1. The van der Waals surface area contributed by atoms with Gasteiger partial charge in [-0.15, -0.1) is 0 Å². The Morgan fingerprint density at radius 3 is 2.59 bits per heavy atom. The Hall–Kier alpha value is -0.990. The van der Waals surface area contributed by atoms with Crippen molar-refractivity contribution in [3.05, 3.63) is 11.9 Å². The van der Waals surface area contributed by atoms with Crippen molar-refractivity contribution in [1.29, 1.82) is 0 Å². The summed E-state index contributed by atoms with van der Waals surface area (Å²) in [5.74, 6) is 0.649. The molecule has 0 aromatic heterocycles. The first-order valence-electron chi connectivity index (χ1n) is 6.82. The number of nitrogens with two attached hydrogens (primary N) is 1. The van der Waals surface area contributed by atoms with Crippen LogP contribution in [-0.2, 0) is 4.79 Å². The summed E-state index contributed by atoms with van der Waals surface area (Å²) in [6, 6.07) is 0. The number of nitrogens with one attached hydrogen (secondary N) is 1. The van der Waals surface area contributed by atoms with Gasteiger partial charge in [-0.25, -0.2) is 0 Å². The van der Waals surface area contributed by atoms with Crippen LogP contribution < -0.4 is 11.1 Å². The van der Waals surface area contributed by atoms with Crippen LogP contribution in [0.3, 0.4) is 0 Å². The fraction of sp³-hybridized carbons (Fsp3) is 0.786. The molecule has 0 radical (unpaired) electrons. The van der Waals surface area contributed by atoms with Crippen LogP contribution in [0.4, 0.5) is 0 Å². The molecule has 1 atom stereocenters. The van der Waals surface area contributed by atoms with E-state index in [4.69, 9.17) is 5.73 Å². The zero-order valence-electron chi connectivity index (χ0n) is 11.6. The van der Waals surface area contributed by atoms with Gasteiger partial charge in [-0.05, 0) is 25.7 Å². The summed E-state index contributed by atoms with van der Waals surface area (Å²) in [6.07, 6.45) is 7.68. The van der Waals surface area contributed by atoms with Gasteiger partial charge in [0.25, 0.3) is 0 Å². The van der Waals surface area contributed by atoms with Crippen molar-refractivity contribution >= 4 is 5.78 Å². The smallest absolute Gasteiger partial charge is 0.135 e. The lowest BCUT2D eigenvalue weighted by Crippen LogP contribution is -2.12. The molecule has 3 heteroatoms. The second kappa shape index (κ2) is 10.2. The maximum absolute atomic E-state index is 11.5. The number of hydrogen-bond acceptors (Lipinski definition) is 3. The van der Waals surface area contributed by atoms with Gasteiger partial charge in [0.1, 0.15) is 5.78 Å². The van der Waals surface area contributed by atoms with Crippen LogP contribution in [0.2, 0.25) is 0 Å². The quantitative estimate of drug-likeness (QED) is 0.577. The van der Waals surface area contributed by atoms with E-state index in [-0.39, 0.29) is 5.92 Å². The van der Waals surface area contributed by atoms with Gasteiger partial charge in [-0.1, -0.05) is 27.2 Å². The molecule has 0 aromatic carbocycles. The molecular formula is C14H28N2O. The summed E-state index contributed by atoms with van der Waals surface area (Å²) in [5, 5.41) is 3.19. The first kappa shape index (κ1) is 16.0. The zero-order valence-corrected chi connectivity index (χ0v) is 11.6. The summed E-state index contributed by atoms with van der Waals surface area (Å²) in [7, 11) is 0. The molecule has 0 aliphatic rings. The van der Waals surface area contributed by atoms with Gasteiger partial charge in [0, 0.05) is 30.8 Å². The van der Waals surface area contributed by atoms with E-state index in [0.29, 0.717) is 5.78 Å². The molecule has 3 N–H and O–H groups in total. The predicted octanol–water partition coefficient (Wildman–Crippen LogP) is 2.96. The molecule has 0 rings (SSSR count). The van der Waals surface area contributed by atoms with Gasteiger partial charge in [-0.2, -0.15) is 0 Å². The Morgan fingerprint density at radius 2 is 2.00 bits per heavy atom. The van der Waals surface area contributed by atoms with Crippen molar-refractivity contribution in [2.75, 3.05) is 6.54 Å². The van der Waals surface area contributed by atoms with Gasteiger partial charge in [0.05, 0.1) is 0 Å². The second-order valence-electron chi connectivity index (χ2n) is 4.61. The number of Topliss-reactive ketones (excluding diaryl/α,β-unsaturated/α-hetero) is 1. The number of unbranched alkanes of at least 4 members (excludes halogenated alkanes) is 2. The Balaban J connectivity index is 3.38.